The van der Waals surface area contributed by atoms with Gasteiger partial charge in [0.05, 0.1) is 17.5 Å². The number of H-pyrrole nitrogens is 1. The number of aromatic nitrogens is 2. The molecule has 22 heavy (non-hydrogen) atoms. The highest BCUT2D eigenvalue weighted by atomic mass is 19.1. The van der Waals surface area contributed by atoms with Gasteiger partial charge in [-0.05, 0) is 18.9 Å². The lowest BCUT2D eigenvalue weighted by atomic mass is 10.1. The van der Waals surface area contributed by atoms with Gasteiger partial charge >= 0.3 is 0 Å². The number of ether oxygens (including phenoxy) is 1. The second-order valence-corrected chi connectivity index (χ2v) is 6.56. The first kappa shape index (κ1) is 15.1. The summed E-state index contributed by atoms with van der Waals surface area (Å²) in [7, 11) is 0. The van der Waals surface area contributed by atoms with Crippen LogP contribution in [0, 0.1) is 17.7 Å². The molecule has 1 fully saturated rings. The fraction of sp³-hybridized carbons (Fsp3) is 0.562. The number of nitrogens with two attached hydrogens (primary N) is 1. The Kier molecular flexibility index (Phi) is 4.20. The fourth-order valence-electron chi connectivity index (χ4n) is 3.14. The molecular formula is C16H23FN4O. The molecule has 6 heteroatoms. The van der Waals surface area contributed by atoms with Crippen molar-refractivity contribution in [2.75, 3.05) is 32.0 Å². The van der Waals surface area contributed by atoms with E-state index in [0.717, 1.165) is 26.1 Å². The van der Waals surface area contributed by atoms with E-state index in [1.807, 2.05) is 0 Å². The van der Waals surface area contributed by atoms with Gasteiger partial charge in [0, 0.05) is 31.1 Å². The second kappa shape index (κ2) is 6.12. The summed E-state index contributed by atoms with van der Waals surface area (Å²) in [5.41, 5.74) is 6.20. The number of nitrogens with zero attached hydrogens (tertiary/aromatic N) is 2. The zero-order valence-corrected chi connectivity index (χ0v) is 13.1. The SMILES string of the molecule is CC(C)CN1CCC(COc2cc(F)c3c(N)n[nH]c3c2)C1. The summed E-state index contributed by atoms with van der Waals surface area (Å²) in [4.78, 5) is 2.47. The molecule has 0 bridgehead atoms. The Morgan fingerprint density at radius 1 is 1.50 bits per heavy atom. The number of nitrogens with one attached hydrogen (secondary N) is 1. The van der Waals surface area contributed by atoms with Crippen molar-refractivity contribution in [1.29, 1.82) is 0 Å². The number of benzene rings is 1. The highest BCUT2D eigenvalue weighted by Crippen LogP contribution is 2.27. The van der Waals surface area contributed by atoms with Crippen molar-refractivity contribution in [3.8, 4) is 5.75 Å². The first-order chi connectivity index (χ1) is 10.5. The van der Waals surface area contributed by atoms with Crippen LogP contribution in [-0.2, 0) is 0 Å². The maximum absolute atomic E-state index is 14.0. The molecule has 0 amide bonds. The third-order valence-corrected chi connectivity index (χ3v) is 4.10. The van der Waals surface area contributed by atoms with Gasteiger partial charge in [0.2, 0.25) is 0 Å². The summed E-state index contributed by atoms with van der Waals surface area (Å²) in [6, 6.07) is 3.14. The average molecular weight is 306 g/mol. The van der Waals surface area contributed by atoms with Gasteiger partial charge in [0.1, 0.15) is 11.6 Å². The number of anilines is 1. The largest absolute Gasteiger partial charge is 0.493 e. The quantitative estimate of drug-likeness (QED) is 0.891. The maximum atomic E-state index is 14.0. The second-order valence-electron chi connectivity index (χ2n) is 6.56. The Balaban J connectivity index is 1.60. The van der Waals surface area contributed by atoms with E-state index in [1.54, 1.807) is 6.07 Å². The molecule has 0 saturated carbocycles. The molecule has 1 aromatic carbocycles. The summed E-state index contributed by atoms with van der Waals surface area (Å²) < 4.78 is 19.8. The molecular weight excluding hydrogens is 283 g/mol. The topological polar surface area (TPSA) is 67.2 Å². The predicted molar refractivity (Wildman–Crippen MR) is 85.3 cm³/mol. The molecule has 1 unspecified atom stereocenters. The molecule has 0 aliphatic carbocycles. The molecule has 5 nitrogen and oxygen atoms in total. The van der Waals surface area contributed by atoms with Crippen LogP contribution >= 0.6 is 0 Å². The van der Waals surface area contributed by atoms with Crippen LogP contribution in [0.4, 0.5) is 10.2 Å². The van der Waals surface area contributed by atoms with E-state index >= 15 is 0 Å². The lowest BCUT2D eigenvalue weighted by Crippen LogP contribution is -2.26. The Bertz CT molecular complexity index is 655. The molecule has 2 aromatic rings. The lowest BCUT2D eigenvalue weighted by molar-refractivity contribution is 0.232. The van der Waals surface area contributed by atoms with E-state index in [2.05, 4.69) is 28.9 Å². The van der Waals surface area contributed by atoms with Gasteiger partial charge in [0.25, 0.3) is 0 Å². The summed E-state index contributed by atoms with van der Waals surface area (Å²) >= 11 is 0. The van der Waals surface area contributed by atoms with Crippen molar-refractivity contribution in [1.82, 2.24) is 15.1 Å². The number of halogens is 1. The minimum Gasteiger partial charge on any atom is -0.493 e. The first-order valence-electron chi connectivity index (χ1n) is 7.81. The number of nitrogen functional groups attached to an aromatic ring is 1. The molecule has 2 heterocycles. The van der Waals surface area contributed by atoms with Gasteiger partial charge in [-0.25, -0.2) is 4.39 Å². The number of hydrogen-bond acceptors (Lipinski definition) is 4. The summed E-state index contributed by atoms with van der Waals surface area (Å²) in [5.74, 6) is 1.49. The third-order valence-electron chi connectivity index (χ3n) is 4.10. The summed E-state index contributed by atoms with van der Waals surface area (Å²) in [6.45, 7) is 8.39. The van der Waals surface area contributed by atoms with Gasteiger partial charge in [-0.15, -0.1) is 0 Å². The Hall–Kier alpha value is -1.82. The Labute approximate surface area is 129 Å². The smallest absolute Gasteiger partial charge is 0.156 e. The number of hydrogen-bond donors (Lipinski definition) is 2. The average Bonchev–Trinajstić information content (AvgIpc) is 3.03. The molecule has 1 aliphatic rings. The van der Waals surface area contributed by atoms with E-state index in [9.17, 15) is 4.39 Å². The molecule has 1 atom stereocenters. The lowest BCUT2D eigenvalue weighted by Gasteiger charge is -2.18. The van der Waals surface area contributed by atoms with Crippen LogP contribution in [-0.4, -0.2) is 41.3 Å². The molecule has 0 spiro atoms. The maximum Gasteiger partial charge on any atom is 0.156 e. The van der Waals surface area contributed by atoms with Crippen molar-refractivity contribution in [2.24, 2.45) is 11.8 Å². The Morgan fingerprint density at radius 3 is 3.09 bits per heavy atom. The Morgan fingerprint density at radius 2 is 2.32 bits per heavy atom. The van der Waals surface area contributed by atoms with E-state index < -0.39 is 5.82 Å². The summed E-state index contributed by atoms with van der Waals surface area (Å²) in [6.07, 6.45) is 1.13. The van der Waals surface area contributed by atoms with Crippen molar-refractivity contribution in [3.63, 3.8) is 0 Å². The monoisotopic (exact) mass is 306 g/mol. The van der Waals surface area contributed by atoms with Crippen molar-refractivity contribution in [2.45, 2.75) is 20.3 Å². The highest BCUT2D eigenvalue weighted by Gasteiger charge is 2.23. The van der Waals surface area contributed by atoms with E-state index in [1.165, 1.54) is 6.07 Å². The van der Waals surface area contributed by atoms with Gasteiger partial charge in [-0.2, -0.15) is 5.10 Å². The van der Waals surface area contributed by atoms with Crippen LogP contribution < -0.4 is 10.5 Å². The first-order valence-corrected chi connectivity index (χ1v) is 7.81. The van der Waals surface area contributed by atoms with E-state index in [-0.39, 0.29) is 5.82 Å². The van der Waals surface area contributed by atoms with Crippen LogP contribution in [0.3, 0.4) is 0 Å². The minimum atomic E-state index is -0.397. The van der Waals surface area contributed by atoms with Crippen LogP contribution in [0.1, 0.15) is 20.3 Å². The highest BCUT2D eigenvalue weighted by molar-refractivity contribution is 5.90. The van der Waals surface area contributed by atoms with Crippen molar-refractivity contribution < 1.29 is 9.13 Å². The normalized spacial score (nSPS) is 19.4. The van der Waals surface area contributed by atoms with Gasteiger partial charge in [0.15, 0.2) is 5.82 Å². The molecule has 1 aliphatic heterocycles. The molecule has 1 aromatic heterocycles. The van der Waals surface area contributed by atoms with E-state index in [0.29, 0.717) is 35.1 Å². The molecule has 3 rings (SSSR count). The standard InChI is InChI=1S/C16H23FN4O/c1-10(2)7-21-4-3-11(8-21)9-22-12-5-13(17)15-14(6-12)19-20-16(15)18/h5-6,10-11H,3-4,7-9H2,1-2H3,(H3,18,19,20). The van der Waals surface area contributed by atoms with Gasteiger partial charge in [-0.3, -0.25) is 5.10 Å². The van der Waals surface area contributed by atoms with Crippen LogP contribution in [0.2, 0.25) is 0 Å². The summed E-state index contributed by atoms with van der Waals surface area (Å²) in [5, 5.41) is 6.88. The fourth-order valence-corrected chi connectivity index (χ4v) is 3.14. The van der Waals surface area contributed by atoms with Gasteiger partial charge in [-0.1, -0.05) is 13.8 Å². The number of likely N-dealkylation sites (tertiary alicyclic amines) is 1. The number of aromatic amines is 1. The third kappa shape index (κ3) is 3.16. The van der Waals surface area contributed by atoms with Crippen LogP contribution in [0.15, 0.2) is 12.1 Å². The molecule has 1 saturated heterocycles. The van der Waals surface area contributed by atoms with Gasteiger partial charge < -0.3 is 15.4 Å². The van der Waals surface area contributed by atoms with Crippen molar-refractivity contribution in [3.05, 3.63) is 17.9 Å². The number of fused-ring (bicyclic) bond motifs is 1. The zero-order valence-electron chi connectivity index (χ0n) is 13.1. The zero-order chi connectivity index (χ0) is 15.7. The van der Waals surface area contributed by atoms with Crippen molar-refractivity contribution >= 4 is 16.7 Å². The number of rotatable bonds is 5. The van der Waals surface area contributed by atoms with Crippen LogP contribution in [0.25, 0.3) is 10.9 Å². The predicted octanol–water partition coefficient (Wildman–Crippen LogP) is 2.64. The molecule has 3 N–H and O–H groups in total. The van der Waals surface area contributed by atoms with Crippen LogP contribution in [0.5, 0.6) is 5.75 Å². The molecule has 120 valence electrons. The minimum absolute atomic E-state index is 0.180. The van der Waals surface area contributed by atoms with E-state index in [4.69, 9.17) is 10.5 Å². The molecule has 0 radical (unpaired) electrons.